The van der Waals surface area contributed by atoms with Crippen molar-refractivity contribution in [2.75, 3.05) is 0 Å². The van der Waals surface area contributed by atoms with Crippen LogP contribution in [0.1, 0.15) is 57.1 Å². The van der Waals surface area contributed by atoms with E-state index in [0.29, 0.717) is 29.3 Å². The van der Waals surface area contributed by atoms with Crippen LogP contribution in [0.4, 0.5) is 0 Å². The maximum atomic E-state index is 6.30. The van der Waals surface area contributed by atoms with Gasteiger partial charge in [0, 0.05) is 31.9 Å². The first-order valence-electron chi connectivity index (χ1n) is 20.3. The van der Waals surface area contributed by atoms with Gasteiger partial charge >= 0.3 is 0 Å². The third kappa shape index (κ3) is 5.65. The van der Waals surface area contributed by atoms with Gasteiger partial charge in [-0.15, -0.1) is 0 Å². The van der Waals surface area contributed by atoms with Crippen molar-refractivity contribution in [3.8, 4) is 34.2 Å². The van der Waals surface area contributed by atoms with Crippen molar-refractivity contribution in [3.63, 3.8) is 0 Å². The number of hydrogen-bond donors (Lipinski definition) is 0. The summed E-state index contributed by atoms with van der Waals surface area (Å²) in [6.45, 7) is 5.04. The molecule has 4 nitrogen and oxygen atoms in total. The Morgan fingerprint density at radius 1 is 0.544 bits per heavy atom. The molecule has 5 heteroatoms. The van der Waals surface area contributed by atoms with E-state index in [2.05, 4.69) is 133 Å². The highest BCUT2D eigenvalue weighted by atomic mass is 79.9. The van der Waals surface area contributed by atoms with Crippen LogP contribution in [0.5, 0.6) is 0 Å². The van der Waals surface area contributed by atoms with Gasteiger partial charge in [-0.05, 0) is 106 Å². The first-order valence-corrected chi connectivity index (χ1v) is 21.1. The van der Waals surface area contributed by atoms with E-state index >= 15 is 0 Å². The van der Waals surface area contributed by atoms with Crippen molar-refractivity contribution in [3.05, 3.63) is 161 Å². The van der Waals surface area contributed by atoms with Gasteiger partial charge < -0.3 is 4.42 Å². The number of aromatic nitrogens is 3. The van der Waals surface area contributed by atoms with E-state index in [9.17, 15) is 0 Å². The lowest BCUT2D eigenvalue weighted by Gasteiger charge is -2.55. The molecule has 2 aromatic heterocycles. The van der Waals surface area contributed by atoms with E-state index < -0.39 is 0 Å². The molecule has 2 aliphatic carbocycles. The first-order chi connectivity index (χ1) is 27.9. The average molecular weight is 805 g/mol. The number of fused-ring (bicyclic) bond motifs is 7. The van der Waals surface area contributed by atoms with Crippen molar-refractivity contribution < 1.29 is 4.42 Å². The van der Waals surface area contributed by atoms with Crippen LogP contribution in [0.15, 0.2) is 154 Å². The van der Waals surface area contributed by atoms with Crippen LogP contribution in [0, 0.1) is 11.8 Å². The van der Waals surface area contributed by atoms with E-state index in [1.54, 1.807) is 0 Å². The largest absolute Gasteiger partial charge is 0.456 e. The Hall–Kier alpha value is -5.65. The van der Waals surface area contributed by atoms with E-state index in [1.165, 1.54) is 62.8 Å². The fraction of sp³-hybridized carbons (Fsp3) is 0.212. The summed E-state index contributed by atoms with van der Waals surface area (Å²) in [7, 11) is 0. The maximum absolute atomic E-state index is 6.30. The van der Waals surface area contributed by atoms with Gasteiger partial charge in [-0.25, -0.2) is 15.0 Å². The maximum Gasteiger partial charge on any atom is 0.164 e. The molecule has 11 rings (SSSR count). The predicted octanol–water partition coefficient (Wildman–Crippen LogP) is 14.3. The highest BCUT2D eigenvalue weighted by molar-refractivity contribution is 9.10. The fourth-order valence-corrected chi connectivity index (χ4v) is 11.8. The quantitative estimate of drug-likeness (QED) is 0.174. The number of hydrogen-bond acceptors (Lipinski definition) is 4. The molecule has 2 bridgehead atoms. The van der Waals surface area contributed by atoms with Crippen LogP contribution in [0.25, 0.3) is 77.6 Å². The molecule has 0 N–H and O–H groups in total. The standard InChI is InChI=1S/C52H42BrN3O/c1-32-27-33-29-51(2,31-52(28-32,30-33)43-25-26-44(53)38-18-9-8-17-37(38)43)42-24-23-39(35-15-6-7-16-36(35)42)49-54-48(34-13-4-3-5-14-34)55-50(56-49)41-20-12-22-46-47(41)40-19-10-11-21-45(40)57-46/h3-26,32-33H,27-31H2,1-2H3. The minimum atomic E-state index is -0.0210. The van der Waals surface area contributed by atoms with E-state index in [0.717, 1.165) is 45.0 Å². The molecule has 9 aromatic rings. The third-order valence-electron chi connectivity index (χ3n) is 13.2. The Labute approximate surface area is 341 Å². The smallest absolute Gasteiger partial charge is 0.164 e. The topological polar surface area (TPSA) is 51.8 Å². The molecule has 2 fully saturated rings. The lowest BCUT2D eigenvalue weighted by molar-refractivity contribution is 0.0607. The molecule has 2 heterocycles. The van der Waals surface area contributed by atoms with Gasteiger partial charge in [0.15, 0.2) is 17.5 Å². The molecule has 2 aliphatic rings. The first kappa shape index (κ1) is 34.6. The van der Waals surface area contributed by atoms with Gasteiger partial charge in [0.25, 0.3) is 0 Å². The molecule has 0 aliphatic heterocycles. The lowest BCUT2D eigenvalue weighted by atomic mass is 9.49. The van der Waals surface area contributed by atoms with Gasteiger partial charge in [-0.1, -0.05) is 157 Å². The minimum absolute atomic E-state index is 0.0210. The molecule has 4 atom stereocenters. The number of para-hydroxylation sites is 1. The lowest BCUT2D eigenvalue weighted by Crippen LogP contribution is -2.48. The summed E-state index contributed by atoms with van der Waals surface area (Å²) in [6, 6.07) is 52.0. The van der Waals surface area contributed by atoms with Crippen LogP contribution >= 0.6 is 15.9 Å². The molecule has 0 saturated heterocycles. The monoisotopic (exact) mass is 803 g/mol. The summed E-state index contributed by atoms with van der Waals surface area (Å²) >= 11 is 3.88. The number of halogens is 1. The average Bonchev–Trinajstić information content (AvgIpc) is 3.62. The summed E-state index contributed by atoms with van der Waals surface area (Å²) in [5.41, 5.74) is 7.60. The van der Waals surface area contributed by atoms with Crippen molar-refractivity contribution >= 4 is 59.4 Å². The molecule has 0 radical (unpaired) electrons. The van der Waals surface area contributed by atoms with Crippen LogP contribution in [-0.2, 0) is 10.8 Å². The molecule has 2 saturated carbocycles. The van der Waals surface area contributed by atoms with Crippen LogP contribution in [0.3, 0.4) is 0 Å². The van der Waals surface area contributed by atoms with Gasteiger partial charge in [0.2, 0.25) is 0 Å². The number of furan rings is 1. The Balaban J connectivity index is 1.09. The van der Waals surface area contributed by atoms with Crippen LogP contribution in [-0.4, -0.2) is 15.0 Å². The summed E-state index contributed by atoms with van der Waals surface area (Å²) in [5.74, 6) is 3.31. The highest BCUT2D eigenvalue weighted by Gasteiger charge is 2.52. The number of benzene rings is 7. The second-order valence-corrected chi connectivity index (χ2v) is 18.0. The molecular formula is C52H42BrN3O. The molecule has 7 aromatic carbocycles. The summed E-state index contributed by atoms with van der Waals surface area (Å²) in [5, 5.41) is 7.23. The van der Waals surface area contributed by atoms with Crippen LogP contribution < -0.4 is 0 Å². The Morgan fingerprint density at radius 2 is 1.18 bits per heavy atom. The Kier molecular flexibility index (Phi) is 8.02. The van der Waals surface area contributed by atoms with Crippen LogP contribution in [0.2, 0.25) is 0 Å². The van der Waals surface area contributed by atoms with Crippen molar-refractivity contribution in [2.45, 2.75) is 56.8 Å². The zero-order valence-corrected chi connectivity index (χ0v) is 33.8. The minimum Gasteiger partial charge on any atom is -0.456 e. The second kappa shape index (κ2) is 13.2. The third-order valence-corrected chi connectivity index (χ3v) is 13.9. The van der Waals surface area contributed by atoms with Gasteiger partial charge in [-0.3, -0.25) is 0 Å². The Bertz CT molecular complexity index is 3020. The van der Waals surface area contributed by atoms with Gasteiger partial charge in [0.1, 0.15) is 11.2 Å². The second-order valence-electron chi connectivity index (χ2n) is 17.1. The normalized spacial score (nSPS) is 22.1. The molecule has 0 spiro atoms. The van der Waals surface area contributed by atoms with Crippen molar-refractivity contribution in [2.24, 2.45) is 11.8 Å². The zero-order chi connectivity index (χ0) is 38.3. The van der Waals surface area contributed by atoms with E-state index in [4.69, 9.17) is 19.4 Å². The molecule has 57 heavy (non-hydrogen) atoms. The van der Waals surface area contributed by atoms with Gasteiger partial charge in [0.05, 0.1) is 0 Å². The molecule has 4 unspecified atom stereocenters. The number of rotatable bonds is 5. The number of nitrogens with zero attached hydrogens (tertiary/aromatic N) is 3. The Morgan fingerprint density at radius 3 is 1.98 bits per heavy atom. The predicted molar refractivity (Wildman–Crippen MR) is 237 cm³/mol. The SMILES string of the molecule is CC1CC2CC(C)(c3ccc(-c4nc(-c5ccccc5)nc(-c5cccc6oc7ccccc7c56)n4)c4ccccc34)CC(c3ccc(Br)c4ccccc34)(C1)C2. The van der Waals surface area contributed by atoms with E-state index in [1.807, 2.05) is 42.5 Å². The molecule has 0 amide bonds. The van der Waals surface area contributed by atoms with E-state index in [-0.39, 0.29) is 10.8 Å². The summed E-state index contributed by atoms with van der Waals surface area (Å²) < 4.78 is 7.48. The summed E-state index contributed by atoms with van der Waals surface area (Å²) in [4.78, 5) is 15.7. The van der Waals surface area contributed by atoms with Crippen molar-refractivity contribution in [1.82, 2.24) is 15.0 Å². The molecule has 278 valence electrons. The zero-order valence-electron chi connectivity index (χ0n) is 32.2. The molecular weight excluding hydrogens is 762 g/mol. The summed E-state index contributed by atoms with van der Waals surface area (Å²) in [6.07, 6.45) is 6.06. The van der Waals surface area contributed by atoms with Crippen molar-refractivity contribution in [1.29, 1.82) is 0 Å². The van der Waals surface area contributed by atoms with Gasteiger partial charge in [-0.2, -0.15) is 0 Å². The fourth-order valence-electron chi connectivity index (χ4n) is 11.4. The highest BCUT2D eigenvalue weighted by Crippen LogP contribution is 2.60.